The Morgan fingerprint density at radius 2 is 2.00 bits per heavy atom. The van der Waals surface area contributed by atoms with Crippen LogP contribution in [0.5, 0.6) is 0 Å². The van der Waals surface area contributed by atoms with Gasteiger partial charge >= 0.3 is 0 Å². The molecule has 1 saturated carbocycles. The van der Waals surface area contributed by atoms with E-state index in [1.807, 2.05) is 30.3 Å². The molecule has 2 unspecified atom stereocenters. The number of anilines is 1. The van der Waals surface area contributed by atoms with Gasteiger partial charge in [-0.25, -0.2) is 9.97 Å². The fourth-order valence-corrected chi connectivity index (χ4v) is 2.95. The number of nitrogens with one attached hydrogen (secondary N) is 1. The summed E-state index contributed by atoms with van der Waals surface area (Å²) in [6.07, 6.45) is 3.57. The minimum Gasteiger partial charge on any atom is -0.379 e. The van der Waals surface area contributed by atoms with Crippen LogP contribution in [0.1, 0.15) is 19.3 Å². The molecule has 2 atom stereocenters. The Hall–Kier alpha value is -1.65. The minimum atomic E-state index is 0.235. The van der Waals surface area contributed by atoms with Gasteiger partial charge in [0.1, 0.15) is 11.0 Å². The SMILES string of the molecule is COC1CCCC1Nc1cc(Cl)nc(-c2ccccc2)n1. The van der Waals surface area contributed by atoms with Gasteiger partial charge in [-0.05, 0) is 19.3 Å². The van der Waals surface area contributed by atoms with E-state index in [9.17, 15) is 0 Å². The van der Waals surface area contributed by atoms with Gasteiger partial charge in [-0.1, -0.05) is 41.9 Å². The van der Waals surface area contributed by atoms with Gasteiger partial charge in [0.05, 0.1) is 12.1 Å². The molecule has 0 amide bonds. The van der Waals surface area contributed by atoms with E-state index in [1.54, 1.807) is 13.2 Å². The van der Waals surface area contributed by atoms with Gasteiger partial charge in [0.2, 0.25) is 0 Å². The molecule has 1 aromatic heterocycles. The van der Waals surface area contributed by atoms with Gasteiger partial charge < -0.3 is 10.1 Å². The first-order valence-corrected chi connectivity index (χ1v) is 7.53. The van der Waals surface area contributed by atoms with E-state index in [2.05, 4.69) is 15.3 Å². The standard InChI is InChI=1S/C16H18ClN3O/c1-21-13-9-5-8-12(13)18-15-10-14(17)19-16(20-15)11-6-3-2-4-7-11/h2-4,6-7,10,12-13H,5,8-9H2,1H3,(H,18,19,20). The maximum Gasteiger partial charge on any atom is 0.163 e. The number of rotatable bonds is 4. The smallest absolute Gasteiger partial charge is 0.163 e. The number of benzene rings is 1. The Morgan fingerprint density at radius 3 is 2.76 bits per heavy atom. The van der Waals surface area contributed by atoms with Gasteiger partial charge in [-0.2, -0.15) is 0 Å². The number of methoxy groups -OCH3 is 1. The lowest BCUT2D eigenvalue weighted by Gasteiger charge is -2.20. The zero-order chi connectivity index (χ0) is 14.7. The second-order valence-corrected chi connectivity index (χ2v) is 5.61. The largest absolute Gasteiger partial charge is 0.379 e. The fourth-order valence-electron chi connectivity index (χ4n) is 2.77. The molecular weight excluding hydrogens is 286 g/mol. The molecule has 1 aromatic carbocycles. The predicted octanol–water partition coefficient (Wildman–Crippen LogP) is 3.78. The highest BCUT2D eigenvalue weighted by Gasteiger charge is 2.27. The van der Waals surface area contributed by atoms with Crippen molar-refractivity contribution in [2.45, 2.75) is 31.4 Å². The number of hydrogen-bond acceptors (Lipinski definition) is 4. The van der Waals surface area contributed by atoms with Crippen LogP contribution in [0.3, 0.4) is 0 Å². The molecule has 4 nitrogen and oxygen atoms in total. The highest BCUT2D eigenvalue weighted by atomic mass is 35.5. The van der Waals surface area contributed by atoms with Gasteiger partial charge in [-0.3, -0.25) is 0 Å². The molecule has 2 aromatic rings. The molecule has 1 aliphatic rings. The summed E-state index contributed by atoms with van der Waals surface area (Å²) in [5.74, 6) is 1.39. The molecule has 0 spiro atoms. The summed E-state index contributed by atoms with van der Waals surface area (Å²) < 4.78 is 5.50. The summed E-state index contributed by atoms with van der Waals surface area (Å²) in [6.45, 7) is 0. The molecule has 5 heteroatoms. The van der Waals surface area contributed by atoms with Crippen molar-refractivity contribution < 1.29 is 4.74 Å². The third kappa shape index (κ3) is 3.34. The first kappa shape index (κ1) is 14.3. The first-order valence-electron chi connectivity index (χ1n) is 7.15. The average molecular weight is 304 g/mol. The van der Waals surface area contributed by atoms with E-state index in [-0.39, 0.29) is 12.1 Å². The Morgan fingerprint density at radius 1 is 1.19 bits per heavy atom. The normalized spacial score (nSPS) is 21.4. The summed E-state index contributed by atoms with van der Waals surface area (Å²) in [5.41, 5.74) is 0.956. The van der Waals surface area contributed by atoms with Crippen LogP contribution in [0.2, 0.25) is 5.15 Å². The van der Waals surface area contributed by atoms with Crippen molar-refractivity contribution in [2.75, 3.05) is 12.4 Å². The molecule has 0 bridgehead atoms. The van der Waals surface area contributed by atoms with Crippen molar-refractivity contribution in [3.8, 4) is 11.4 Å². The van der Waals surface area contributed by atoms with Crippen molar-refractivity contribution in [3.63, 3.8) is 0 Å². The first-order chi connectivity index (χ1) is 10.3. The van der Waals surface area contributed by atoms with Crippen molar-refractivity contribution in [1.29, 1.82) is 0 Å². The zero-order valence-corrected chi connectivity index (χ0v) is 12.7. The van der Waals surface area contributed by atoms with Crippen LogP contribution in [-0.2, 0) is 4.74 Å². The van der Waals surface area contributed by atoms with Gasteiger partial charge in [0, 0.05) is 18.7 Å². The van der Waals surface area contributed by atoms with Crippen molar-refractivity contribution >= 4 is 17.4 Å². The van der Waals surface area contributed by atoms with E-state index in [1.165, 1.54) is 6.42 Å². The second-order valence-electron chi connectivity index (χ2n) is 5.22. The maximum atomic E-state index is 6.13. The van der Waals surface area contributed by atoms with Crippen LogP contribution >= 0.6 is 11.6 Å². The summed E-state index contributed by atoms with van der Waals surface area (Å²) in [5, 5.41) is 3.88. The predicted molar refractivity (Wildman–Crippen MR) is 84.5 cm³/mol. The summed E-state index contributed by atoms with van der Waals surface area (Å²) in [7, 11) is 1.76. The molecule has 1 heterocycles. The van der Waals surface area contributed by atoms with Crippen LogP contribution < -0.4 is 5.32 Å². The van der Waals surface area contributed by atoms with E-state index in [0.717, 1.165) is 24.2 Å². The van der Waals surface area contributed by atoms with Gasteiger partial charge in [-0.15, -0.1) is 0 Å². The molecule has 0 saturated heterocycles. The van der Waals surface area contributed by atoms with E-state index < -0.39 is 0 Å². The molecule has 21 heavy (non-hydrogen) atoms. The van der Waals surface area contributed by atoms with E-state index in [4.69, 9.17) is 16.3 Å². The molecule has 0 aliphatic heterocycles. The highest BCUT2D eigenvalue weighted by Crippen LogP contribution is 2.26. The Balaban J connectivity index is 1.85. The van der Waals surface area contributed by atoms with Crippen LogP contribution in [-0.4, -0.2) is 29.2 Å². The second kappa shape index (κ2) is 6.41. The van der Waals surface area contributed by atoms with Gasteiger partial charge in [0.15, 0.2) is 5.82 Å². The fraction of sp³-hybridized carbons (Fsp3) is 0.375. The number of halogens is 1. The van der Waals surface area contributed by atoms with Crippen LogP contribution in [0, 0.1) is 0 Å². The summed E-state index contributed by atoms with van der Waals surface area (Å²) >= 11 is 6.13. The molecule has 1 fully saturated rings. The number of nitrogens with zero attached hydrogens (tertiary/aromatic N) is 2. The molecule has 0 radical (unpaired) electrons. The summed E-state index contributed by atoms with van der Waals surface area (Å²) in [4.78, 5) is 8.87. The van der Waals surface area contributed by atoms with E-state index >= 15 is 0 Å². The van der Waals surface area contributed by atoms with Crippen LogP contribution in [0.4, 0.5) is 5.82 Å². The molecule has 1 N–H and O–H groups in total. The lowest BCUT2D eigenvalue weighted by Crippen LogP contribution is -2.30. The summed E-state index contributed by atoms with van der Waals surface area (Å²) in [6, 6.07) is 11.9. The Kier molecular flexibility index (Phi) is 4.36. The van der Waals surface area contributed by atoms with Gasteiger partial charge in [0.25, 0.3) is 0 Å². The molecule has 1 aliphatic carbocycles. The lowest BCUT2D eigenvalue weighted by molar-refractivity contribution is 0.101. The molecule has 3 rings (SSSR count). The van der Waals surface area contributed by atoms with E-state index in [0.29, 0.717) is 11.0 Å². The van der Waals surface area contributed by atoms with Crippen molar-refractivity contribution in [3.05, 3.63) is 41.6 Å². The quantitative estimate of drug-likeness (QED) is 0.873. The van der Waals surface area contributed by atoms with Crippen molar-refractivity contribution in [2.24, 2.45) is 0 Å². The maximum absolute atomic E-state index is 6.13. The lowest BCUT2D eigenvalue weighted by atomic mass is 10.2. The van der Waals surface area contributed by atoms with Crippen LogP contribution in [0.25, 0.3) is 11.4 Å². The molecule has 110 valence electrons. The van der Waals surface area contributed by atoms with Crippen molar-refractivity contribution in [1.82, 2.24) is 9.97 Å². The zero-order valence-electron chi connectivity index (χ0n) is 11.9. The highest BCUT2D eigenvalue weighted by molar-refractivity contribution is 6.29. The molecular formula is C16H18ClN3O. The third-order valence-electron chi connectivity index (χ3n) is 3.82. The number of aromatic nitrogens is 2. The Labute approximate surface area is 129 Å². The third-order valence-corrected chi connectivity index (χ3v) is 4.01. The van der Waals surface area contributed by atoms with Crippen LogP contribution in [0.15, 0.2) is 36.4 Å². The Bertz CT molecular complexity index is 606. The monoisotopic (exact) mass is 303 g/mol. The average Bonchev–Trinajstić information content (AvgIpc) is 2.95. The number of hydrogen-bond donors (Lipinski definition) is 1. The minimum absolute atomic E-state index is 0.235. The number of ether oxygens (including phenoxy) is 1. The topological polar surface area (TPSA) is 47.0 Å².